The number of carboxylic acid groups (broad SMARTS) is 2. The van der Waals surface area contributed by atoms with Crippen molar-refractivity contribution in [3.05, 3.63) is 99.5 Å². The van der Waals surface area contributed by atoms with Crippen molar-refractivity contribution in [2.45, 2.75) is 56.7 Å². The van der Waals surface area contributed by atoms with E-state index in [1.54, 1.807) is 12.1 Å². The van der Waals surface area contributed by atoms with Crippen LogP contribution in [0.25, 0.3) is 0 Å². The number of benzene rings is 3. The van der Waals surface area contributed by atoms with Gasteiger partial charge in [0.25, 0.3) is 0 Å². The highest BCUT2D eigenvalue weighted by molar-refractivity contribution is 7.89. The van der Waals surface area contributed by atoms with Crippen LogP contribution < -0.4 is 10.6 Å². The number of nitrogens with one attached hydrogen (secondary N) is 2. The van der Waals surface area contributed by atoms with E-state index < -0.39 is 58.3 Å². The van der Waals surface area contributed by atoms with E-state index in [1.807, 2.05) is 62.4 Å². The lowest BCUT2D eigenvalue weighted by atomic mass is 10.0. The highest BCUT2D eigenvalue weighted by atomic mass is 35.5. The highest BCUT2D eigenvalue weighted by Crippen LogP contribution is 2.34. The van der Waals surface area contributed by atoms with E-state index >= 15 is 0 Å². The van der Waals surface area contributed by atoms with Crippen molar-refractivity contribution in [1.29, 1.82) is 0 Å². The van der Waals surface area contributed by atoms with Crippen molar-refractivity contribution in [3.63, 3.8) is 0 Å². The summed E-state index contributed by atoms with van der Waals surface area (Å²) in [6.45, 7) is 4.75. The molecule has 2 atom stereocenters. The van der Waals surface area contributed by atoms with Crippen LogP contribution in [0, 0.1) is 5.92 Å². The zero-order valence-corrected chi connectivity index (χ0v) is 31.3. The van der Waals surface area contributed by atoms with Crippen molar-refractivity contribution in [2.75, 3.05) is 26.3 Å². The first kappa shape index (κ1) is 42.9. The molecule has 1 heterocycles. The minimum absolute atomic E-state index is 0.0778. The molecule has 3 aromatic rings. The number of hydrogen-bond acceptors (Lipinski definition) is 9. The van der Waals surface area contributed by atoms with Crippen LogP contribution in [0.3, 0.4) is 0 Å². The summed E-state index contributed by atoms with van der Waals surface area (Å²) in [6, 6.07) is 18.7. The van der Waals surface area contributed by atoms with E-state index in [0.29, 0.717) is 6.42 Å². The first-order valence-corrected chi connectivity index (χ1v) is 18.6. The van der Waals surface area contributed by atoms with Gasteiger partial charge in [0.2, 0.25) is 15.9 Å². The number of hydrogen-bond donors (Lipinski definition) is 4. The standard InChI is InChI=1S/C23H28N2O5.C13H13Cl2NO6S/c1-16(2)13-19(25-23(29)30-15-18-11-7-4-8-12-18)21(26)24-20(22(27)28)14-17-9-5-3-6-10-17;14-8-1-2-10(13(15)12(8)9(17)7-11(18)19)23(20,21)16-3-5-22-6-4-16/h3-12,16,19-20H,13-15H2,1-2H3,(H,24,26)(H,25,29)(H,27,28);1-2H,3-7H2,(H,18,19)/t19-,20-;/m0./s1. The van der Waals surface area contributed by atoms with Gasteiger partial charge >= 0.3 is 18.0 Å². The van der Waals surface area contributed by atoms with Gasteiger partial charge in [0.1, 0.15) is 30.0 Å². The molecule has 1 aliphatic heterocycles. The predicted molar refractivity (Wildman–Crippen MR) is 195 cm³/mol. The largest absolute Gasteiger partial charge is 0.481 e. The molecule has 0 radical (unpaired) electrons. The van der Waals surface area contributed by atoms with Crippen molar-refractivity contribution in [1.82, 2.24) is 14.9 Å². The van der Waals surface area contributed by atoms with E-state index in [9.17, 15) is 37.5 Å². The fraction of sp³-hybridized carbons (Fsp3) is 0.361. The Morgan fingerprint density at radius 1 is 0.849 bits per heavy atom. The molecule has 0 unspecified atom stereocenters. The van der Waals surface area contributed by atoms with Gasteiger partial charge in [0, 0.05) is 19.5 Å². The second-order valence-corrected chi connectivity index (χ2v) is 14.9. The zero-order chi connectivity index (χ0) is 39.1. The van der Waals surface area contributed by atoms with E-state index in [-0.39, 0.29) is 65.8 Å². The van der Waals surface area contributed by atoms with Crippen molar-refractivity contribution >= 4 is 62.9 Å². The lowest BCUT2D eigenvalue weighted by Crippen LogP contribution is -2.52. The maximum absolute atomic E-state index is 12.7. The Morgan fingerprint density at radius 3 is 1.98 bits per heavy atom. The summed E-state index contributed by atoms with van der Waals surface area (Å²) in [5, 5.41) is 22.9. The number of ketones is 1. The van der Waals surface area contributed by atoms with Crippen LogP contribution >= 0.6 is 23.2 Å². The number of ether oxygens (including phenoxy) is 2. The number of alkyl carbamates (subject to hydrolysis) is 1. The van der Waals surface area contributed by atoms with Gasteiger partial charge in [-0.15, -0.1) is 0 Å². The summed E-state index contributed by atoms with van der Waals surface area (Å²) in [7, 11) is -3.93. The van der Waals surface area contributed by atoms with Gasteiger partial charge in [-0.2, -0.15) is 4.31 Å². The fourth-order valence-corrected chi connectivity index (χ4v) is 7.42. The molecule has 17 heteroatoms. The summed E-state index contributed by atoms with van der Waals surface area (Å²) in [6.07, 6.45) is -1.06. The molecule has 4 rings (SSSR count). The first-order valence-electron chi connectivity index (χ1n) is 16.4. The smallest absolute Gasteiger partial charge is 0.408 e. The molecule has 14 nitrogen and oxygen atoms in total. The first-order chi connectivity index (χ1) is 25.1. The molecule has 1 fully saturated rings. The number of Topliss-reactive ketones (excluding diaryl/α,β-unsaturated/α-hetero) is 1. The topological polar surface area (TPSA) is 206 Å². The minimum Gasteiger partial charge on any atom is -0.481 e. The second-order valence-electron chi connectivity index (χ2n) is 12.2. The average molecular weight is 795 g/mol. The molecule has 2 amide bonds. The Labute approximate surface area is 317 Å². The van der Waals surface area contributed by atoms with Crippen LogP contribution in [0.1, 0.15) is 48.2 Å². The number of sulfonamides is 1. The Hall–Kier alpha value is -4.54. The van der Waals surface area contributed by atoms with Crippen LogP contribution in [0.4, 0.5) is 4.79 Å². The molecule has 1 saturated heterocycles. The van der Waals surface area contributed by atoms with Gasteiger partial charge in [-0.3, -0.25) is 14.4 Å². The summed E-state index contributed by atoms with van der Waals surface area (Å²) >= 11 is 11.9. The van der Waals surface area contributed by atoms with Crippen LogP contribution in [0.15, 0.2) is 77.7 Å². The highest BCUT2D eigenvalue weighted by Gasteiger charge is 2.32. The Bertz CT molecular complexity index is 1840. The molecule has 0 saturated carbocycles. The number of amides is 2. The Balaban J connectivity index is 0.000000295. The van der Waals surface area contributed by atoms with Gasteiger partial charge < -0.3 is 30.3 Å². The lowest BCUT2D eigenvalue weighted by molar-refractivity contribution is -0.142. The molecule has 0 aromatic heterocycles. The fourth-order valence-electron chi connectivity index (χ4n) is 5.07. The van der Waals surface area contributed by atoms with Crippen molar-refractivity contribution < 1.29 is 52.1 Å². The second kappa shape index (κ2) is 20.6. The maximum atomic E-state index is 12.7. The third-order valence-electron chi connectivity index (χ3n) is 7.66. The average Bonchev–Trinajstić information content (AvgIpc) is 3.11. The third kappa shape index (κ3) is 13.4. The number of halogens is 2. The summed E-state index contributed by atoms with van der Waals surface area (Å²) in [4.78, 5) is 59.0. The number of carbonyl (C=O) groups is 5. The van der Waals surface area contributed by atoms with Gasteiger partial charge in [0.15, 0.2) is 5.78 Å². The Kier molecular flexibility index (Phi) is 16.7. The van der Waals surface area contributed by atoms with E-state index in [0.717, 1.165) is 11.1 Å². The van der Waals surface area contributed by atoms with Gasteiger partial charge in [-0.1, -0.05) is 97.7 Å². The maximum Gasteiger partial charge on any atom is 0.408 e. The van der Waals surface area contributed by atoms with E-state index in [2.05, 4.69) is 10.6 Å². The number of morpholine rings is 1. The summed E-state index contributed by atoms with van der Waals surface area (Å²) in [5.41, 5.74) is 1.32. The van der Waals surface area contributed by atoms with E-state index in [1.165, 1.54) is 16.4 Å². The molecule has 0 bridgehead atoms. The molecule has 3 aromatic carbocycles. The number of carboxylic acids is 2. The van der Waals surface area contributed by atoms with Crippen LogP contribution in [0.2, 0.25) is 10.0 Å². The lowest BCUT2D eigenvalue weighted by Gasteiger charge is -2.26. The van der Waals surface area contributed by atoms with Crippen LogP contribution in [-0.2, 0) is 46.9 Å². The SMILES string of the molecule is CC(C)C[C@H](NC(=O)OCc1ccccc1)C(=O)N[C@@H](Cc1ccccc1)C(=O)O.O=C(O)CC(=O)c1c(Cl)ccc(S(=O)(=O)N2CCOCC2)c1Cl. The van der Waals surface area contributed by atoms with Gasteiger partial charge in [-0.25, -0.2) is 18.0 Å². The van der Waals surface area contributed by atoms with Gasteiger partial charge in [-0.05, 0) is 35.6 Å². The Morgan fingerprint density at radius 2 is 1.43 bits per heavy atom. The molecule has 1 aliphatic rings. The molecule has 4 N–H and O–H groups in total. The number of nitrogens with zero attached hydrogens (tertiary/aromatic N) is 1. The molecule has 0 aliphatic carbocycles. The minimum atomic E-state index is -3.93. The summed E-state index contributed by atoms with van der Waals surface area (Å²) in [5.74, 6) is -3.80. The van der Waals surface area contributed by atoms with Crippen molar-refractivity contribution in [2.24, 2.45) is 5.92 Å². The number of aliphatic carboxylic acids is 2. The van der Waals surface area contributed by atoms with E-state index in [4.69, 9.17) is 37.8 Å². The molecular formula is C36H41Cl2N3O11S. The number of carbonyl (C=O) groups excluding carboxylic acids is 3. The molecule has 286 valence electrons. The van der Waals surface area contributed by atoms with Gasteiger partial charge in [0.05, 0.1) is 28.8 Å². The molecule has 0 spiro atoms. The zero-order valence-electron chi connectivity index (χ0n) is 29.0. The predicted octanol–water partition coefficient (Wildman–Crippen LogP) is 4.81. The molecular weight excluding hydrogens is 753 g/mol. The quantitative estimate of drug-likeness (QED) is 0.121. The van der Waals surface area contributed by atoms with Crippen molar-refractivity contribution in [3.8, 4) is 0 Å². The number of rotatable bonds is 15. The normalized spacial score (nSPS) is 14.2. The summed E-state index contributed by atoms with van der Waals surface area (Å²) < 4.78 is 36.8. The van der Waals surface area contributed by atoms with Crippen LogP contribution in [0.5, 0.6) is 0 Å². The third-order valence-corrected chi connectivity index (χ3v) is 10.4. The monoisotopic (exact) mass is 793 g/mol. The molecule has 53 heavy (non-hydrogen) atoms. The van der Waals surface area contributed by atoms with Crippen LogP contribution in [-0.4, -0.2) is 91.0 Å².